The van der Waals surface area contributed by atoms with E-state index in [1.165, 1.54) is 89.9 Å². The Labute approximate surface area is 412 Å². The van der Waals surface area contributed by atoms with Crippen molar-refractivity contribution in [2.45, 2.75) is 245 Å². The molecule has 6 nitrogen and oxygen atoms in total. The van der Waals surface area contributed by atoms with Crippen LogP contribution in [0.15, 0.2) is 109 Å². The Morgan fingerprint density at radius 2 is 0.582 bits per heavy atom. The van der Waals surface area contributed by atoms with E-state index in [0.717, 1.165) is 96.3 Å². The lowest BCUT2D eigenvalue weighted by molar-refractivity contribution is -0.167. The maximum absolute atomic E-state index is 12.8. The van der Waals surface area contributed by atoms with E-state index in [-0.39, 0.29) is 37.5 Å². The van der Waals surface area contributed by atoms with E-state index in [4.69, 9.17) is 14.2 Å². The smallest absolute Gasteiger partial charge is 0.306 e. The largest absolute Gasteiger partial charge is 0.462 e. The van der Waals surface area contributed by atoms with Gasteiger partial charge in [0.25, 0.3) is 0 Å². The minimum Gasteiger partial charge on any atom is -0.462 e. The van der Waals surface area contributed by atoms with E-state index in [0.29, 0.717) is 25.7 Å². The van der Waals surface area contributed by atoms with Crippen LogP contribution in [0.1, 0.15) is 239 Å². The van der Waals surface area contributed by atoms with Crippen LogP contribution in [0.4, 0.5) is 0 Å². The predicted molar refractivity (Wildman–Crippen MR) is 288 cm³/mol. The number of ether oxygens (including phenoxy) is 3. The molecule has 0 fully saturated rings. The molecule has 0 aliphatic heterocycles. The normalized spacial score (nSPS) is 12.9. The van der Waals surface area contributed by atoms with Gasteiger partial charge in [0.15, 0.2) is 6.10 Å². The summed E-state index contributed by atoms with van der Waals surface area (Å²) in [5, 5.41) is 0. The Morgan fingerprint density at radius 3 is 0.955 bits per heavy atom. The van der Waals surface area contributed by atoms with Crippen molar-refractivity contribution in [3.8, 4) is 0 Å². The lowest BCUT2D eigenvalue weighted by Gasteiger charge is -2.18. The van der Waals surface area contributed by atoms with Crippen LogP contribution in [0.5, 0.6) is 0 Å². The first-order valence-corrected chi connectivity index (χ1v) is 27.4. The monoisotopic (exact) mass is 929 g/mol. The third-order valence-electron chi connectivity index (χ3n) is 11.2. The highest BCUT2D eigenvalue weighted by atomic mass is 16.6. The minimum atomic E-state index is -0.820. The SMILES string of the molecule is CC/C=C\C/C=C\C/C=C\C/C=C\CCCCC(=O)OC[C@H](COC(=O)CCCCCCCCC/C=C\CCCCCCCCCC)OC(=O)CCCC/C=C\C/C=C\C/C=C\C/C=C\CC. The second-order valence-electron chi connectivity index (χ2n) is 17.7. The van der Waals surface area contributed by atoms with E-state index in [1.54, 1.807) is 0 Å². The molecular formula is C61H100O6. The zero-order valence-corrected chi connectivity index (χ0v) is 43.4. The molecular weight excluding hydrogens is 829 g/mol. The summed E-state index contributed by atoms with van der Waals surface area (Å²) in [6.07, 6.45) is 73.7. The van der Waals surface area contributed by atoms with Crippen molar-refractivity contribution in [1.29, 1.82) is 0 Å². The first-order chi connectivity index (χ1) is 33.0. The Kier molecular flexibility index (Phi) is 51.5. The molecule has 0 saturated heterocycles. The molecule has 0 aromatic heterocycles. The standard InChI is InChI=1S/C61H100O6/c1-4-7-10-13-16-19-22-25-28-29-30-31-34-36-39-42-45-48-51-54-60(63)66-57-58(67-61(64)55-52-49-46-43-40-37-33-27-24-21-18-15-12-9-6-3)56-65-59(62)53-50-47-44-41-38-35-32-26-23-20-17-14-11-8-5-2/h8-9,11-12,17-18,20-21,26-27,29-30,32-33,38,40-41,43,58H,4-7,10,13-16,19,22-25,28,31,34-37,39,42,44-57H2,1-3H3/b11-8-,12-9-,20-17-,21-18-,30-29-,32-26-,33-27-,41-38-,43-40-/t58-/m1/s1. The van der Waals surface area contributed by atoms with Gasteiger partial charge in [-0.25, -0.2) is 0 Å². The predicted octanol–water partition coefficient (Wildman–Crippen LogP) is 18.3. The quantitative estimate of drug-likeness (QED) is 0.0262. The van der Waals surface area contributed by atoms with Crippen LogP contribution in [0.25, 0.3) is 0 Å². The molecule has 0 aromatic rings. The number of rotatable bonds is 48. The molecule has 67 heavy (non-hydrogen) atoms. The molecule has 0 N–H and O–H groups in total. The van der Waals surface area contributed by atoms with Crippen molar-refractivity contribution >= 4 is 17.9 Å². The van der Waals surface area contributed by atoms with Gasteiger partial charge in [0, 0.05) is 19.3 Å². The van der Waals surface area contributed by atoms with Gasteiger partial charge in [-0.3, -0.25) is 14.4 Å². The average molecular weight is 929 g/mol. The highest BCUT2D eigenvalue weighted by molar-refractivity contribution is 5.71. The average Bonchev–Trinajstić information content (AvgIpc) is 3.33. The second-order valence-corrected chi connectivity index (χ2v) is 17.7. The summed E-state index contributed by atoms with van der Waals surface area (Å²) >= 11 is 0. The van der Waals surface area contributed by atoms with E-state index in [2.05, 4.69) is 130 Å². The Bertz CT molecular complexity index is 1390. The third-order valence-corrected chi connectivity index (χ3v) is 11.2. The molecule has 0 rings (SSSR count). The zero-order valence-electron chi connectivity index (χ0n) is 43.4. The molecule has 0 heterocycles. The fourth-order valence-corrected chi connectivity index (χ4v) is 7.18. The number of unbranched alkanes of at least 4 members (excludes halogenated alkanes) is 19. The molecule has 0 aromatic carbocycles. The topological polar surface area (TPSA) is 78.9 Å². The summed E-state index contributed by atoms with van der Waals surface area (Å²) < 4.78 is 16.8. The van der Waals surface area contributed by atoms with Crippen molar-refractivity contribution < 1.29 is 28.6 Å². The van der Waals surface area contributed by atoms with Gasteiger partial charge < -0.3 is 14.2 Å². The minimum absolute atomic E-state index is 0.112. The molecule has 0 aliphatic carbocycles. The van der Waals surface area contributed by atoms with E-state index in [1.807, 2.05) is 0 Å². The molecule has 0 bridgehead atoms. The molecule has 0 amide bonds. The van der Waals surface area contributed by atoms with Crippen molar-refractivity contribution in [1.82, 2.24) is 0 Å². The highest BCUT2D eigenvalue weighted by Crippen LogP contribution is 2.14. The van der Waals surface area contributed by atoms with Crippen LogP contribution in [-0.4, -0.2) is 37.2 Å². The summed E-state index contributed by atoms with van der Waals surface area (Å²) in [6, 6.07) is 0. The summed E-state index contributed by atoms with van der Waals surface area (Å²) in [4.78, 5) is 38.1. The summed E-state index contributed by atoms with van der Waals surface area (Å²) in [5.74, 6) is -1.00. The molecule has 0 radical (unpaired) electrons. The maximum atomic E-state index is 12.8. The Hall–Kier alpha value is -3.93. The zero-order chi connectivity index (χ0) is 48.6. The maximum Gasteiger partial charge on any atom is 0.306 e. The third kappa shape index (κ3) is 52.9. The van der Waals surface area contributed by atoms with Gasteiger partial charge in [-0.15, -0.1) is 0 Å². The van der Waals surface area contributed by atoms with Gasteiger partial charge in [-0.2, -0.15) is 0 Å². The number of allylic oxidation sites excluding steroid dienone is 18. The van der Waals surface area contributed by atoms with Gasteiger partial charge in [0.1, 0.15) is 13.2 Å². The van der Waals surface area contributed by atoms with E-state index in [9.17, 15) is 14.4 Å². The Morgan fingerprint density at radius 1 is 0.313 bits per heavy atom. The Balaban J connectivity index is 4.50. The van der Waals surface area contributed by atoms with Crippen LogP contribution < -0.4 is 0 Å². The van der Waals surface area contributed by atoms with Crippen LogP contribution >= 0.6 is 0 Å². The number of carbonyl (C=O) groups excluding carboxylic acids is 3. The molecule has 380 valence electrons. The second kappa shape index (κ2) is 54.7. The van der Waals surface area contributed by atoms with Crippen molar-refractivity contribution in [2.75, 3.05) is 13.2 Å². The summed E-state index contributed by atoms with van der Waals surface area (Å²) in [7, 11) is 0. The van der Waals surface area contributed by atoms with Gasteiger partial charge in [-0.05, 0) is 122 Å². The van der Waals surface area contributed by atoms with Crippen LogP contribution in [-0.2, 0) is 28.6 Å². The van der Waals surface area contributed by atoms with Gasteiger partial charge >= 0.3 is 17.9 Å². The van der Waals surface area contributed by atoms with Crippen LogP contribution in [0.3, 0.4) is 0 Å². The first kappa shape index (κ1) is 63.1. The summed E-state index contributed by atoms with van der Waals surface area (Å²) in [6.45, 7) is 6.33. The molecule has 6 heteroatoms. The van der Waals surface area contributed by atoms with Crippen molar-refractivity contribution in [3.63, 3.8) is 0 Å². The van der Waals surface area contributed by atoms with Crippen LogP contribution in [0.2, 0.25) is 0 Å². The molecule has 0 aliphatic rings. The van der Waals surface area contributed by atoms with Gasteiger partial charge in [0.2, 0.25) is 0 Å². The summed E-state index contributed by atoms with van der Waals surface area (Å²) in [5.41, 5.74) is 0. The van der Waals surface area contributed by atoms with Crippen molar-refractivity contribution in [3.05, 3.63) is 109 Å². The first-order valence-electron chi connectivity index (χ1n) is 27.4. The number of hydrogen-bond acceptors (Lipinski definition) is 6. The molecule has 0 unspecified atom stereocenters. The van der Waals surface area contributed by atoms with Gasteiger partial charge in [-0.1, -0.05) is 207 Å². The number of esters is 3. The lowest BCUT2D eigenvalue weighted by Crippen LogP contribution is -2.30. The van der Waals surface area contributed by atoms with Crippen LogP contribution in [0, 0.1) is 0 Å². The van der Waals surface area contributed by atoms with E-state index < -0.39 is 6.10 Å². The molecule has 1 atom stereocenters. The van der Waals surface area contributed by atoms with Gasteiger partial charge in [0.05, 0.1) is 0 Å². The number of hydrogen-bond donors (Lipinski definition) is 0. The highest BCUT2D eigenvalue weighted by Gasteiger charge is 2.19. The van der Waals surface area contributed by atoms with E-state index >= 15 is 0 Å². The fraction of sp³-hybridized carbons (Fsp3) is 0.656. The number of carbonyl (C=O) groups is 3. The lowest BCUT2D eigenvalue weighted by atomic mass is 10.1. The van der Waals surface area contributed by atoms with Crippen molar-refractivity contribution in [2.24, 2.45) is 0 Å². The molecule has 0 saturated carbocycles. The fourth-order valence-electron chi connectivity index (χ4n) is 7.18. The molecule has 0 spiro atoms.